The average molecular weight is 527 g/mol. The van der Waals surface area contributed by atoms with Crippen LogP contribution in [-0.2, 0) is 26.4 Å². The summed E-state index contributed by atoms with van der Waals surface area (Å²) in [6.45, 7) is 16.2. The van der Waals surface area contributed by atoms with E-state index >= 15 is 8.78 Å². The second-order valence-electron chi connectivity index (χ2n) is 10.4. The van der Waals surface area contributed by atoms with Crippen LogP contribution >= 0.6 is 0 Å². The SMILES string of the molecule is CCOC(=O)C(F)(F)c1c(C)c(C(=O)Nc2ccc(F)c(C)c2)c(C)n1CCO[Si](C)(C)C(C)(C)C. The number of esters is 1. The number of alkyl halides is 2. The Morgan fingerprint density at radius 3 is 2.25 bits per heavy atom. The zero-order valence-corrected chi connectivity index (χ0v) is 23.6. The number of ether oxygens (including phenoxy) is 1. The maximum absolute atomic E-state index is 15.4. The first kappa shape index (κ1) is 29.6. The molecule has 2 rings (SSSR count). The zero-order chi connectivity index (χ0) is 27.6. The normalized spacial score (nSPS) is 12.6. The molecule has 0 fully saturated rings. The van der Waals surface area contributed by atoms with E-state index in [1.54, 1.807) is 13.8 Å². The molecular weight excluding hydrogens is 489 g/mol. The van der Waals surface area contributed by atoms with Gasteiger partial charge in [0.15, 0.2) is 8.32 Å². The Morgan fingerprint density at radius 2 is 1.72 bits per heavy atom. The van der Waals surface area contributed by atoms with Crippen LogP contribution in [0.15, 0.2) is 18.2 Å². The summed E-state index contributed by atoms with van der Waals surface area (Å²) in [5.74, 6) is -6.73. The molecule has 0 aliphatic heterocycles. The Morgan fingerprint density at radius 1 is 1.11 bits per heavy atom. The highest BCUT2D eigenvalue weighted by Crippen LogP contribution is 2.38. The third-order valence-electron chi connectivity index (χ3n) is 6.82. The van der Waals surface area contributed by atoms with Gasteiger partial charge >= 0.3 is 11.9 Å². The Bertz CT molecular complexity index is 1140. The second kappa shape index (κ2) is 10.8. The van der Waals surface area contributed by atoms with Crippen molar-refractivity contribution in [2.24, 2.45) is 0 Å². The van der Waals surface area contributed by atoms with Crippen LogP contribution in [0.25, 0.3) is 0 Å². The number of carbonyl (C=O) groups is 2. The molecular formula is C26H37F3N2O4Si. The van der Waals surface area contributed by atoms with Crippen LogP contribution in [0.4, 0.5) is 18.9 Å². The van der Waals surface area contributed by atoms with Crippen LogP contribution in [0.2, 0.25) is 18.1 Å². The number of hydrogen-bond donors (Lipinski definition) is 1. The van der Waals surface area contributed by atoms with Crippen LogP contribution in [0, 0.1) is 26.6 Å². The summed E-state index contributed by atoms with van der Waals surface area (Å²) in [5, 5.41) is 2.57. The van der Waals surface area contributed by atoms with E-state index in [-0.39, 0.29) is 41.6 Å². The minimum absolute atomic E-state index is 0.0169. The minimum atomic E-state index is -3.98. The molecule has 1 heterocycles. The highest BCUT2D eigenvalue weighted by Gasteiger charge is 2.48. The summed E-state index contributed by atoms with van der Waals surface area (Å²) in [5.41, 5.74) is 0.304. The van der Waals surface area contributed by atoms with Gasteiger partial charge in [-0.05, 0) is 75.2 Å². The van der Waals surface area contributed by atoms with Gasteiger partial charge in [0, 0.05) is 17.9 Å². The van der Waals surface area contributed by atoms with Gasteiger partial charge in [0.1, 0.15) is 11.5 Å². The molecule has 0 bridgehead atoms. The molecule has 0 aliphatic rings. The largest absolute Gasteiger partial charge is 0.461 e. The van der Waals surface area contributed by atoms with Crippen LogP contribution < -0.4 is 5.32 Å². The number of anilines is 1. The van der Waals surface area contributed by atoms with E-state index in [9.17, 15) is 14.0 Å². The third-order valence-corrected chi connectivity index (χ3v) is 11.4. The first-order valence-electron chi connectivity index (χ1n) is 11.9. The van der Waals surface area contributed by atoms with Crippen LogP contribution in [-0.4, -0.2) is 38.0 Å². The van der Waals surface area contributed by atoms with E-state index in [4.69, 9.17) is 4.43 Å². The number of aromatic nitrogens is 1. The maximum Gasteiger partial charge on any atom is 0.383 e. The van der Waals surface area contributed by atoms with E-state index in [2.05, 4.69) is 43.9 Å². The second-order valence-corrected chi connectivity index (χ2v) is 15.2. The molecule has 0 saturated heterocycles. The monoisotopic (exact) mass is 526 g/mol. The van der Waals surface area contributed by atoms with Crippen molar-refractivity contribution < 1.29 is 31.9 Å². The number of amides is 1. The standard InChI is InChI=1S/C26H37F3N2O4Si/c1-10-34-24(33)26(28,29)22-17(3)21(23(32)30-19-11-12-20(27)16(2)15-19)18(4)31(22)13-14-35-36(8,9)25(5,6)7/h11-12,15H,10,13-14H2,1-9H3,(H,30,32). The fourth-order valence-electron chi connectivity index (χ4n) is 3.76. The van der Waals surface area contributed by atoms with Gasteiger partial charge in [-0.15, -0.1) is 0 Å². The number of hydrogen-bond acceptors (Lipinski definition) is 4. The fraction of sp³-hybridized carbons (Fsp3) is 0.538. The number of aryl methyl sites for hydroxylation is 1. The summed E-state index contributed by atoms with van der Waals surface area (Å²) < 4.78 is 56.5. The lowest BCUT2D eigenvalue weighted by molar-refractivity contribution is -0.174. The molecule has 0 radical (unpaired) electrons. The fourth-order valence-corrected chi connectivity index (χ4v) is 4.79. The van der Waals surface area contributed by atoms with Crippen LogP contribution in [0.1, 0.15) is 60.6 Å². The first-order chi connectivity index (χ1) is 16.5. The third kappa shape index (κ3) is 6.03. The number of nitrogens with one attached hydrogen (secondary N) is 1. The van der Waals surface area contributed by atoms with Gasteiger partial charge in [-0.25, -0.2) is 9.18 Å². The van der Waals surface area contributed by atoms with Crippen LogP contribution in [0.3, 0.4) is 0 Å². The molecule has 0 unspecified atom stereocenters. The van der Waals surface area contributed by atoms with E-state index in [0.29, 0.717) is 11.3 Å². The van der Waals surface area contributed by atoms with Crippen molar-refractivity contribution in [3.8, 4) is 0 Å². The Hall–Kier alpha value is -2.59. The van der Waals surface area contributed by atoms with E-state index in [1.807, 2.05) is 0 Å². The molecule has 10 heteroatoms. The number of benzene rings is 1. The van der Waals surface area contributed by atoms with Crippen LogP contribution in [0.5, 0.6) is 0 Å². The summed E-state index contributed by atoms with van der Waals surface area (Å²) in [7, 11) is -2.17. The van der Waals surface area contributed by atoms with Crippen molar-refractivity contribution in [3.63, 3.8) is 0 Å². The lowest BCUT2D eigenvalue weighted by Crippen LogP contribution is -2.41. The molecule has 200 valence electrons. The molecule has 0 aliphatic carbocycles. The van der Waals surface area contributed by atoms with Crippen molar-refractivity contribution in [3.05, 3.63) is 52.1 Å². The quantitative estimate of drug-likeness (QED) is 0.300. The number of halogens is 3. The van der Waals surface area contributed by atoms with Gasteiger partial charge in [0.2, 0.25) is 0 Å². The number of nitrogens with zero attached hydrogens (tertiary/aromatic N) is 1. The number of rotatable bonds is 9. The van der Waals surface area contributed by atoms with Gasteiger partial charge in [0.25, 0.3) is 5.91 Å². The Kier molecular flexibility index (Phi) is 8.89. The zero-order valence-electron chi connectivity index (χ0n) is 22.6. The van der Waals surface area contributed by atoms with Crippen molar-refractivity contribution >= 4 is 25.9 Å². The molecule has 1 aromatic heterocycles. The van der Waals surface area contributed by atoms with Gasteiger partial charge in [-0.3, -0.25) is 4.79 Å². The molecule has 1 aromatic carbocycles. The van der Waals surface area contributed by atoms with Gasteiger partial charge in [0.05, 0.1) is 18.8 Å². The van der Waals surface area contributed by atoms with Gasteiger partial charge in [-0.1, -0.05) is 20.8 Å². The summed E-state index contributed by atoms with van der Waals surface area (Å²) in [6.07, 6.45) is 0. The topological polar surface area (TPSA) is 69.6 Å². The Labute approximate surface area is 212 Å². The van der Waals surface area contributed by atoms with E-state index < -0.39 is 37.6 Å². The molecule has 0 saturated carbocycles. The smallest absolute Gasteiger partial charge is 0.383 e. The summed E-state index contributed by atoms with van der Waals surface area (Å²) in [6, 6.07) is 4.06. The molecule has 1 amide bonds. The highest BCUT2D eigenvalue weighted by atomic mass is 28.4. The molecule has 0 atom stereocenters. The minimum Gasteiger partial charge on any atom is -0.461 e. The molecule has 2 aromatic rings. The highest BCUT2D eigenvalue weighted by molar-refractivity contribution is 6.74. The summed E-state index contributed by atoms with van der Waals surface area (Å²) >= 11 is 0. The average Bonchev–Trinajstić information content (AvgIpc) is 3.00. The Balaban J connectivity index is 2.52. The molecule has 1 N–H and O–H groups in total. The number of carbonyl (C=O) groups excluding carboxylic acids is 2. The summed E-state index contributed by atoms with van der Waals surface area (Å²) in [4.78, 5) is 25.4. The predicted octanol–water partition coefficient (Wildman–Crippen LogP) is 6.48. The molecule has 36 heavy (non-hydrogen) atoms. The van der Waals surface area contributed by atoms with Crippen molar-refractivity contribution in [2.45, 2.75) is 79.1 Å². The van der Waals surface area contributed by atoms with Crippen molar-refractivity contribution in [1.29, 1.82) is 0 Å². The van der Waals surface area contributed by atoms with Gasteiger partial charge < -0.3 is 19.0 Å². The van der Waals surface area contributed by atoms with E-state index in [1.165, 1.54) is 36.6 Å². The first-order valence-corrected chi connectivity index (χ1v) is 14.8. The lowest BCUT2D eigenvalue weighted by atomic mass is 10.1. The maximum atomic E-state index is 15.4. The molecule has 6 nitrogen and oxygen atoms in total. The molecule has 0 spiro atoms. The van der Waals surface area contributed by atoms with E-state index in [0.717, 1.165) is 0 Å². The lowest BCUT2D eigenvalue weighted by Gasteiger charge is -2.36. The van der Waals surface area contributed by atoms with Crippen molar-refractivity contribution in [2.75, 3.05) is 18.5 Å². The van der Waals surface area contributed by atoms with Crippen molar-refractivity contribution in [1.82, 2.24) is 4.57 Å². The predicted molar refractivity (Wildman–Crippen MR) is 137 cm³/mol. The van der Waals surface area contributed by atoms with Gasteiger partial charge in [-0.2, -0.15) is 8.78 Å².